The van der Waals surface area contributed by atoms with E-state index in [2.05, 4.69) is 4.98 Å². The summed E-state index contributed by atoms with van der Waals surface area (Å²) < 4.78 is 39.7. The van der Waals surface area contributed by atoms with Gasteiger partial charge in [0.15, 0.2) is 0 Å². The van der Waals surface area contributed by atoms with Crippen LogP contribution in [0.1, 0.15) is 29.8 Å². The van der Waals surface area contributed by atoms with E-state index in [0.717, 1.165) is 16.7 Å². The molecule has 0 fully saturated rings. The Balaban J connectivity index is 1.71. The zero-order valence-corrected chi connectivity index (χ0v) is 23.7. The molecule has 9 nitrogen and oxygen atoms in total. The molecule has 0 radical (unpaired) electrons. The maximum absolute atomic E-state index is 13.7. The number of nitrogens with zero attached hydrogens (tertiary/aromatic N) is 3. The second-order valence-electron chi connectivity index (χ2n) is 10.0. The lowest BCUT2D eigenvalue weighted by atomic mass is 9.99. The van der Waals surface area contributed by atoms with Gasteiger partial charge in [-0.25, -0.2) is 13.4 Å². The third-order valence-corrected chi connectivity index (χ3v) is 8.96. The predicted molar refractivity (Wildman–Crippen MR) is 148 cm³/mol. The van der Waals surface area contributed by atoms with Crippen molar-refractivity contribution in [3.63, 3.8) is 0 Å². The van der Waals surface area contributed by atoms with E-state index in [0.29, 0.717) is 0 Å². The molecule has 2 aromatic carbocycles. The number of carbonyl (C=O) groups is 1. The molecule has 1 N–H and O–H groups in total. The fraction of sp³-hybridized carbons (Fsp3) is 0.379. The molecule has 0 unspecified atom stereocenters. The van der Waals surface area contributed by atoms with Crippen molar-refractivity contribution >= 4 is 15.9 Å². The summed E-state index contributed by atoms with van der Waals surface area (Å²) in [4.78, 5) is 19.9. The molecular formula is C29H35N3O6S. The van der Waals surface area contributed by atoms with Gasteiger partial charge >= 0.3 is 0 Å². The van der Waals surface area contributed by atoms with E-state index >= 15 is 0 Å². The molecule has 3 aromatic rings. The zero-order chi connectivity index (χ0) is 28.3. The molecule has 208 valence electrons. The number of ether oxygens (including phenoxy) is 2. The topological polar surface area (TPSA) is 109 Å². The molecule has 1 amide bonds. The summed E-state index contributed by atoms with van der Waals surface area (Å²) in [6.45, 7) is 5.73. The minimum atomic E-state index is -3.91. The highest BCUT2D eigenvalue weighted by atomic mass is 32.2. The van der Waals surface area contributed by atoms with Crippen molar-refractivity contribution in [2.24, 2.45) is 5.92 Å². The summed E-state index contributed by atoms with van der Waals surface area (Å²) >= 11 is 0. The van der Waals surface area contributed by atoms with Gasteiger partial charge < -0.3 is 19.5 Å². The average Bonchev–Trinajstić information content (AvgIpc) is 2.94. The summed E-state index contributed by atoms with van der Waals surface area (Å²) in [5.74, 6) is -0.191. The lowest BCUT2D eigenvalue weighted by Gasteiger charge is -2.37. The number of hydrogen-bond donors (Lipinski definition) is 1. The molecule has 0 saturated carbocycles. The van der Waals surface area contributed by atoms with Crippen LogP contribution in [-0.4, -0.2) is 79.6 Å². The number of aliphatic hydroxyl groups excluding tert-OH is 1. The maximum atomic E-state index is 13.7. The van der Waals surface area contributed by atoms with E-state index in [4.69, 9.17) is 9.47 Å². The molecule has 4 rings (SSSR count). The van der Waals surface area contributed by atoms with Crippen LogP contribution in [0, 0.1) is 12.8 Å². The average molecular weight is 554 g/mol. The minimum Gasteiger partial charge on any atom is -0.495 e. The molecule has 0 aliphatic carbocycles. The van der Waals surface area contributed by atoms with Crippen molar-refractivity contribution < 1.29 is 27.8 Å². The van der Waals surface area contributed by atoms with Crippen molar-refractivity contribution in [3.8, 4) is 22.8 Å². The van der Waals surface area contributed by atoms with Crippen molar-refractivity contribution in [3.05, 3.63) is 71.9 Å². The monoisotopic (exact) mass is 553 g/mol. The van der Waals surface area contributed by atoms with E-state index in [9.17, 15) is 18.3 Å². The summed E-state index contributed by atoms with van der Waals surface area (Å²) in [5.41, 5.74) is 3.04. The van der Waals surface area contributed by atoms with Crippen LogP contribution < -0.4 is 9.47 Å². The van der Waals surface area contributed by atoms with Crippen LogP contribution >= 0.6 is 0 Å². The molecule has 1 aromatic heterocycles. The number of aromatic nitrogens is 1. The second kappa shape index (κ2) is 11.7. The number of methoxy groups -OCH3 is 1. The van der Waals surface area contributed by atoms with Crippen LogP contribution in [0.25, 0.3) is 11.1 Å². The molecule has 3 atom stereocenters. The Labute approximate surface area is 230 Å². The Morgan fingerprint density at radius 2 is 1.87 bits per heavy atom. The van der Waals surface area contributed by atoms with Gasteiger partial charge in [0.1, 0.15) is 22.3 Å². The van der Waals surface area contributed by atoms with Gasteiger partial charge in [-0.1, -0.05) is 48.9 Å². The smallest absolute Gasteiger partial charge is 0.259 e. The summed E-state index contributed by atoms with van der Waals surface area (Å²) in [5, 5.41) is 9.91. The number of hydrogen-bond acceptors (Lipinski definition) is 7. The molecule has 39 heavy (non-hydrogen) atoms. The molecule has 2 heterocycles. The van der Waals surface area contributed by atoms with Crippen molar-refractivity contribution in [2.45, 2.75) is 37.8 Å². The number of para-hydroxylation sites is 1. The van der Waals surface area contributed by atoms with E-state index in [-0.39, 0.29) is 53.6 Å². The van der Waals surface area contributed by atoms with E-state index in [1.807, 2.05) is 38.1 Å². The largest absolute Gasteiger partial charge is 0.495 e. The second-order valence-corrected chi connectivity index (χ2v) is 12.0. The highest BCUT2D eigenvalue weighted by Gasteiger charge is 2.36. The lowest BCUT2D eigenvalue weighted by molar-refractivity contribution is 0.0373. The predicted octanol–water partition coefficient (Wildman–Crippen LogP) is 3.61. The fourth-order valence-electron chi connectivity index (χ4n) is 4.58. The number of aryl methyl sites for hydroxylation is 1. The van der Waals surface area contributed by atoms with Crippen LogP contribution in [0.2, 0.25) is 0 Å². The van der Waals surface area contributed by atoms with Crippen molar-refractivity contribution in [1.29, 1.82) is 0 Å². The van der Waals surface area contributed by atoms with Gasteiger partial charge in [-0.05, 0) is 37.6 Å². The Kier molecular flexibility index (Phi) is 8.58. The number of rotatable bonds is 8. The summed E-state index contributed by atoms with van der Waals surface area (Å²) in [6.07, 6.45) is 1.02. The first-order chi connectivity index (χ1) is 18.6. The Bertz CT molecular complexity index is 1430. The van der Waals surface area contributed by atoms with Crippen molar-refractivity contribution in [2.75, 3.05) is 33.9 Å². The SMILES string of the molecule is COc1ccccc1S(=O)(=O)N(C)C[C@@H]1Oc2ncc(-c3ccc(C)cc3)cc2C(=O)N([C@@H](C)CO)C[C@@H]1C. The van der Waals surface area contributed by atoms with E-state index < -0.39 is 22.2 Å². The standard InChI is InChI=1S/C29H35N3O6S/c1-19-10-12-22(13-11-19)23-14-24-28(30-15-23)38-26(20(2)16-32(29(24)34)21(3)18-33)17-31(4)39(35,36)27-9-7-6-8-25(27)37-5/h6-15,20-21,26,33H,16-18H2,1-5H3/t20-,21-,26-/m0/s1. The number of sulfonamides is 1. The maximum Gasteiger partial charge on any atom is 0.259 e. The van der Waals surface area contributed by atoms with Crippen molar-refractivity contribution in [1.82, 2.24) is 14.2 Å². The normalized spacial score (nSPS) is 18.6. The molecule has 0 spiro atoms. The number of aliphatic hydroxyl groups is 1. The third kappa shape index (κ3) is 5.93. The van der Waals surface area contributed by atoms with Crippen LogP contribution in [0.3, 0.4) is 0 Å². The lowest BCUT2D eigenvalue weighted by Crippen LogP contribution is -2.50. The number of benzene rings is 2. The van der Waals surface area contributed by atoms with E-state index in [1.165, 1.54) is 24.5 Å². The van der Waals surface area contributed by atoms with Gasteiger partial charge in [-0.2, -0.15) is 4.31 Å². The quantitative estimate of drug-likeness (QED) is 0.454. The molecular weight excluding hydrogens is 518 g/mol. The minimum absolute atomic E-state index is 0.0118. The first-order valence-electron chi connectivity index (χ1n) is 12.8. The molecule has 0 bridgehead atoms. The molecule has 1 aliphatic rings. The summed E-state index contributed by atoms with van der Waals surface area (Å²) in [7, 11) is -0.990. The fourth-order valence-corrected chi connectivity index (χ4v) is 5.91. The third-order valence-electron chi connectivity index (χ3n) is 7.10. The number of fused-ring (bicyclic) bond motifs is 1. The van der Waals surface area contributed by atoms with E-state index in [1.54, 1.807) is 42.3 Å². The van der Waals surface area contributed by atoms with Gasteiger partial charge in [-0.15, -0.1) is 0 Å². The molecule has 0 saturated heterocycles. The van der Waals surface area contributed by atoms with Gasteiger partial charge in [0, 0.05) is 31.3 Å². The Morgan fingerprint density at radius 3 is 2.54 bits per heavy atom. The van der Waals surface area contributed by atoms with Crippen LogP contribution in [0.15, 0.2) is 65.7 Å². The summed E-state index contributed by atoms with van der Waals surface area (Å²) in [6, 6.07) is 15.6. The van der Waals surface area contributed by atoms with Crippen LogP contribution in [0.5, 0.6) is 11.6 Å². The zero-order valence-electron chi connectivity index (χ0n) is 22.9. The Morgan fingerprint density at radius 1 is 1.18 bits per heavy atom. The number of pyridine rings is 1. The highest BCUT2D eigenvalue weighted by Crippen LogP contribution is 2.32. The number of carbonyl (C=O) groups excluding carboxylic acids is 1. The van der Waals surface area contributed by atoms with Crippen LogP contribution in [0.4, 0.5) is 0 Å². The molecule has 1 aliphatic heterocycles. The first-order valence-corrected chi connectivity index (χ1v) is 14.3. The van der Waals surface area contributed by atoms with Gasteiger partial charge in [0.2, 0.25) is 15.9 Å². The molecule has 10 heteroatoms. The van der Waals surface area contributed by atoms with Gasteiger partial charge in [0.25, 0.3) is 5.91 Å². The van der Waals surface area contributed by atoms with Crippen LogP contribution in [-0.2, 0) is 10.0 Å². The first kappa shape index (κ1) is 28.5. The number of amides is 1. The van der Waals surface area contributed by atoms with Gasteiger partial charge in [0.05, 0.1) is 26.3 Å². The number of likely N-dealkylation sites (N-methyl/N-ethyl adjacent to an activating group) is 1. The Hall–Kier alpha value is -3.47. The highest BCUT2D eigenvalue weighted by molar-refractivity contribution is 7.89. The van der Waals surface area contributed by atoms with Gasteiger partial charge in [-0.3, -0.25) is 4.79 Å².